The van der Waals surface area contributed by atoms with Gasteiger partial charge in [-0.25, -0.2) is 0 Å². The summed E-state index contributed by atoms with van der Waals surface area (Å²) in [7, 11) is 1.79. The van der Waals surface area contributed by atoms with E-state index in [0.717, 1.165) is 19.6 Å². The third kappa shape index (κ3) is 3.06. The van der Waals surface area contributed by atoms with Crippen molar-refractivity contribution in [3.8, 4) is 0 Å². The molecular weight excluding hydrogens is 218 g/mol. The Morgan fingerprint density at radius 2 is 2.25 bits per heavy atom. The van der Waals surface area contributed by atoms with E-state index < -0.39 is 0 Å². The Labute approximate surface area is 102 Å². The van der Waals surface area contributed by atoms with Gasteiger partial charge in [-0.05, 0) is 41.7 Å². The van der Waals surface area contributed by atoms with Crippen LogP contribution in [0.2, 0.25) is 0 Å². The zero-order valence-corrected chi connectivity index (χ0v) is 10.8. The molecule has 0 amide bonds. The first-order valence-corrected chi connectivity index (χ1v) is 7.04. The molecule has 1 saturated carbocycles. The molecule has 1 fully saturated rings. The lowest BCUT2D eigenvalue weighted by atomic mass is 9.93. The molecule has 0 aromatic carbocycles. The second-order valence-electron chi connectivity index (χ2n) is 4.72. The lowest BCUT2D eigenvalue weighted by Crippen LogP contribution is -2.43. The first-order valence-electron chi connectivity index (χ1n) is 6.10. The Morgan fingerprint density at radius 1 is 1.44 bits per heavy atom. The molecule has 0 unspecified atom stereocenters. The van der Waals surface area contributed by atoms with Gasteiger partial charge in [0.05, 0.1) is 0 Å². The predicted octanol–water partition coefficient (Wildman–Crippen LogP) is 3.19. The number of nitrogens with one attached hydrogen (secondary N) is 1. The molecule has 0 bridgehead atoms. The highest BCUT2D eigenvalue weighted by atomic mass is 32.1. The molecule has 1 aliphatic rings. The third-order valence-electron chi connectivity index (χ3n) is 3.59. The van der Waals surface area contributed by atoms with Crippen LogP contribution in [0.25, 0.3) is 0 Å². The second kappa shape index (κ2) is 5.80. The zero-order valence-electron chi connectivity index (χ0n) is 10.00. The molecule has 3 heteroatoms. The molecule has 0 spiro atoms. The number of thiophene rings is 1. The van der Waals surface area contributed by atoms with E-state index in [4.69, 9.17) is 4.74 Å². The van der Waals surface area contributed by atoms with Crippen molar-refractivity contribution in [3.05, 3.63) is 22.4 Å². The van der Waals surface area contributed by atoms with Gasteiger partial charge in [-0.1, -0.05) is 12.8 Å². The van der Waals surface area contributed by atoms with Crippen LogP contribution in [0, 0.1) is 0 Å². The Balaban J connectivity index is 1.87. The maximum atomic E-state index is 5.23. The first-order chi connectivity index (χ1) is 7.85. The summed E-state index contributed by atoms with van der Waals surface area (Å²) in [4.78, 5) is 0. The standard InChI is InChI=1S/C13H21NOS/c1-15-8-7-13(5-2-3-6-13)14-10-12-4-9-16-11-12/h4,9,11,14H,2-3,5-8,10H2,1H3. The van der Waals surface area contributed by atoms with Gasteiger partial charge in [0, 0.05) is 25.8 Å². The van der Waals surface area contributed by atoms with Crippen molar-refractivity contribution in [2.24, 2.45) is 0 Å². The topological polar surface area (TPSA) is 21.3 Å². The van der Waals surface area contributed by atoms with Gasteiger partial charge >= 0.3 is 0 Å². The van der Waals surface area contributed by atoms with E-state index in [-0.39, 0.29) is 0 Å². The number of hydrogen-bond acceptors (Lipinski definition) is 3. The maximum Gasteiger partial charge on any atom is 0.0479 e. The van der Waals surface area contributed by atoms with Gasteiger partial charge in [-0.15, -0.1) is 0 Å². The van der Waals surface area contributed by atoms with Crippen LogP contribution in [-0.4, -0.2) is 19.3 Å². The van der Waals surface area contributed by atoms with Gasteiger partial charge in [-0.2, -0.15) is 11.3 Å². The second-order valence-corrected chi connectivity index (χ2v) is 5.50. The summed E-state index contributed by atoms with van der Waals surface area (Å²) in [6.45, 7) is 1.88. The van der Waals surface area contributed by atoms with Crippen LogP contribution < -0.4 is 5.32 Å². The fourth-order valence-electron chi connectivity index (χ4n) is 2.55. The number of rotatable bonds is 6. The van der Waals surface area contributed by atoms with Crippen molar-refractivity contribution < 1.29 is 4.74 Å². The van der Waals surface area contributed by atoms with Crippen LogP contribution in [0.1, 0.15) is 37.7 Å². The highest BCUT2D eigenvalue weighted by Gasteiger charge is 2.32. The normalized spacial score (nSPS) is 19.1. The van der Waals surface area contributed by atoms with Crippen molar-refractivity contribution in [2.45, 2.75) is 44.2 Å². The molecule has 1 aromatic rings. The summed E-state index contributed by atoms with van der Waals surface area (Å²) in [6.07, 6.45) is 6.48. The van der Waals surface area contributed by atoms with E-state index in [2.05, 4.69) is 22.1 Å². The van der Waals surface area contributed by atoms with Crippen LogP contribution in [0.3, 0.4) is 0 Å². The van der Waals surface area contributed by atoms with Crippen LogP contribution in [0.4, 0.5) is 0 Å². The molecule has 16 heavy (non-hydrogen) atoms. The van der Waals surface area contributed by atoms with E-state index in [1.54, 1.807) is 18.4 Å². The average Bonchev–Trinajstić information content (AvgIpc) is 2.96. The molecule has 1 heterocycles. The molecule has 2 rings (SSSR count). The molecular formula is C13H21NOS. The molecule has 0 saturated heterocycles. The monoisotopic (exact) mass is 239 g/mol. The van der Waals surface area contributed by atoms with Gasteiger partial charge in [-0.3, -0.25) is 0 Å². The van der Waals surface area contributed by atoms with Crippen molar-refractivity contribution in [2.75, 3.05) is 13.7 Å². The molecule has 0 aliphatic heterocycles. The average molecular weight is 239 g/mol. The SMILES string of the molecule is COCCC1(NCc2ccsc2)CCCC1. The molecule has 2 nitrogen and oxygen atoms in total. The summed E-state index contributed by atoms with van der Waals surface area (Å²) in [5.74, 6) is 0. The summed E-state index contributed by atoms with van der Waals surface area (Å²) < 4.78 is 5.23. The van der Waals surface area contributed by atoms with Crippen LogP contribution in [0.15, 0.2) is 16.8 Å². The van der Waals surface area contributed by atoms with E-state index in [1.165, 1.54) is 31.2 Å². The maximum absolute atomic E-state index is 5.23. The third-order valence-corrected chi connectivity index (χ3v) is 4.33. The van der Waals surface area contributed by atoms with Crippen molar-refractivity contribution in [1.82, 2.24) is 5.32 Å². The van der Waals surface area contributed by atoms with Crippen molar-refractivity contribution in [1.29, 1.82) is 0 Å². The van der Waals surface area contributed by atoms with Crippen LogP contribution in [-0.2, 0) is 11.3 Å². The molecule has 1 aromatic heterocycles. The highest BCUT2D eigenvalue weighted by Crippen LogP contribution is 2.33. The van der Waals surface area contributed by atoms with Crippen molar-refractivity contribution >= 4 is 11.3 Å². The largest absolute Gasteiger partial charge is 0.385 e. The minimum Gasteiger partial charge on any atom is -0.385 e. The van der Waals surface area contributed by atoms with E-state index in [1.807, 2.05) is 0 Å². The summed E-state index contributed by atoms with van der Waals surface area (Å²) >= 11 is 1.77. The minimum atomic E-state index is 0.345. The van der Waals surface area contributed by atoms with E-state index in [0.29, 0.717) is 5.54 Å². The van der Waals surface area contributed by atoms with Gasteiger partial charge < -0.3 is 10.1 Å². The van der Waals surface area contributed by atoms with Gasteiger partial charge in [0.25, 0.3) is 0 Å². The Morgan fingerprint density at radius 3 is 2.88 bits per heavy atom. The number of hydrogen-bond donors (Lipinski definition) is 1. The molecule has 1 aliphatic carbocycles. The van der Waals surface area contributed by atoms with Crippen molar-refractivity contribution in [3.63, 3.8) is 0 Å². The van der Waals surface area contributed by atoms with Crippen LogP contribution in [0.5, 0.6) is 0 Å². The molecule has 1 N–H and O–H groups in total. The minimum absolute atomic E-state index is 0.345. The number of methoxy groups -OCH3 is 1. The summed E-state index contributed by atoms with van der Waals surface area (Å²) in [5, 5.41) is 8.13. The van der Waals surface area contributed by atoms with Gasteiger partial charge in [0.1, 0.15) is 0 Å². The fraction of sp³-hybridized carbons (Fsp3) is 0.692. The Kier molecular flexibility index (Phi) is 4.38. The smallest absolute Gasteiger partial charge is 0.0479 e. The lowest BCUT2D eigenvalue weighted by molar-refractivity contribution is 0.154. The fourth-order valence-corrected chi connectivity index (χ4v) is 3.22. The lowest BCUT2D eigenvalue weighted by Gasteiger charge is -2.30. The van der Waals surface area contributed by atoms with Gasteiger partial charge in [0.2, 0.25) is 0 Å². The summed E-state index contributed by atoms with van der Waals surface area (Å²) in [5.41, 5.74) is 1.76. The number of ether oxygens (including phenoxy) is 1. The van der Waals surface area contributed by atoms with E-state index in [9.17, 15) is 0 Å². The van der Waals surface area contributed by atoms with E-state index >= 15 is 0 Å². The Hall–Kier alpha value is -0.380. The highest BCUT2D eigenvalue weighted by molar-refractivity contribution is 7.07. The molecule has 90 valence electrons. The zero-order chi connectivity index (χ0) is 11.3. The molecule has 0 radical (unpaired) electrons. The predicted molar refractivity (Wildman–Crippen MR) is 68.9 cm³/mol. The molecule has 0 atom stereocenters. The van der Waals surface area contributed by atoms with Gasteiger partial charge in [0.15, 0.2) is 0 Å². The van der Waals surface area contributed by atoms with Crippen LogP contribution >= 0.6 is 11.3 Å². The summed E-state index contributed by atoms with van der Waals surface area (Å²) in [6, 6.07) is 2.20. The Bertz CT molecular complexity index is 291. The quantitative estimate of drug-likeness (QED) is 0.823. The first kappa shape index (κ1) is 12.1.